The van der Waals surface area contributed by atoms with Gasteiger partial charge in [0.2, 0.25) is 5.91 Å². The zero-order valence-corrected chi connectivity index (χ0v) is 15.6. The number of anilines is 2. The second-order valence-electron chi connectivity index (χ2n) is 7.12. The number of carbonyl (C=O) groups is 2. The molecule has 0 aliphatic carbocycles. The van der Waals surface area contributed by atoms with Crippen molar-refractivity contribution in [1.82, 2.24) is 4.90 Å². The smallest absolute Gasteiger partial charge is 0.310 e. The van der Waals surface area contributed by atoms with Gasteiger partial charge in [-0.2, -0.15) is 0 Å². The van der Waals surface area contributed by atoms with E-state index in [-0.39, 0.29) is 17.8 Å². The highest BCUT2D eigenvalue weighted by molar-refractivity contribution is 5.92. The zero-order valence-electron chi connectivity index (χ0n) is 15.6. The number of nitrogens with zero attached hydrogens (tertiary/aromatic N) is 2. The highest BCUT2D eigenvalue weighted by Gasteiger charge is 2.27. The highest BCUT2D eigenvalue weighted by atomic mass is 16.5. The number of amides is 1. The number of ether oxygens (including phenoxy) is 1. The Kier molecular flexibility index (Phi) is 6.50. The maximum atomic E-state index is 12.3. The molecule has 142 valence electrons. The molecule has 0 aromatic heterocycles. The Labute approximate surface area is 155 Å². The molecule has 1 N–H and O–H groups in total. The number of benzene rings is 1. The van der Waals surface area contributed by atoms with Crippen LogP contribution >= 0.6 is 0 Å². The van der Waals surface area contributed by atoms with E-state index in [1.807, 2.05) is 24.0 Å². The molecule has 0 saturated carbocycles. The van der Waals surface area contributed by atoms with Crippen LogP contribution in [0.1, 0.15) is 32.6 Å². The molecule has 0 spiro atoms. The van der Waals surface area contributed by atoms with Crippen LogP contribution in [0.3, 0.4) is 0 Å². The van der Waals surface area contributed by atoms with Gasteiger partial charge in [-0.15, -0.1) is 0 Å². The molecule has 6 heteroatoms. The SMILES string of the molecule is CCOC(=O)[C@@H]1CCCN(CC(=O)Nc2ccc(N3CCCC3)cc2)C1. The molecule has 2 aliphatic heterocycles. The van der Waals surface area contributed by atoms with Gasteiger partial charge in [0.05, 0.1) is 19.1 Å². The lowest BCUT2D eigenvalue weighted by molar-refractivity contribution is -0.150. The van der Waals surface area contributed by atoms with Crippen molar-refractivity contribution < 1.29 is 14.3 Å². The third kappa shape index (κ3) is 4.97. The fourth-order valence-corrected chi connectivity index (χ4v) is 3.79. The molecule has 2 saturated heterocycles. The highest BCUT2D eigenvalue weighted by Crippen LogP contribution is 2.22. The molecule has 2 aliphatic rings. The number of esters is 1. The van der Waals surface area contributed by atoms with Crippen molar-refractivity contribution >= 4 is 23.3 Å². The summed E-state index contributed by atoms with van der Waals surface area (Å²) in [6.45, 7) is 6.20. The second-order valence-corrected chi connectivity index (χ2v) is 7.12. The number of piperidine rings is 1. The fourth-order valence-electron chi connectivity index (χ4n) is 3.79. The van der Waals surface area contributed by atoms with Crippen LogP contribution in [0.4, 0.5) is 11.4 Å². The summed E-state index contributed by atoms with van der Waals surface area (Å²) in [6, 6.07) is 8.06. The summed E-state index contributed by atoms with van der Waals surface area (Å²) in [7, 11) is 0. The number of carbonyl (C=O) groups excluding carboxylic acids is 2. The normalized spacial score (nSPS) is 20.8. The predicted octanol–water partition coefficient (Wildman–Crippen LogP) is 2.50. The third-order valence-electron chi connectivity index (χ3n) is 5.11. The molecule has 0 radical (unpaired) electrons. The first-order valence-corrected chi connectivity index (χ1v) is 9.69. The minimum atomic E-state index is -0.143. The Hall–Kier alpha value is -2.08. The van der Waals surface area contributed by atoms with Gasteiger partial charge in [-0.05, 0) is 63.4 Å². The molecule has 6 nitrogen and oxygen atoms in total. The standard InChI is InChI=1S/C20H29N3O3/c1-2-26-20(25)16-6-5-11-22(14-16)15-19(24)21-17-7-9-18(10-8-17)23-12-3-4-13-23/h7-10,16H,2-6,11-15H2,1H3,(H,21,24)/t16-/m1/s1. The van der Waals surface area contributed by atoms with Gasteiger partial charge in [-0.1, -0.05) is 0 Å². The maximum absolute atomic E-state index is 12.3. The molecule has 3 rings (SSSR count). The average Bonchev–Trinajstić information content (AvgIpc) is 3.17. The minimum Gasteiger partial charge on any atom is -0.466 e. The summed E-state index contributed by atoms with van der Waals surface area (Å²) in [6.07, 6.45) is 4.26. The summed E-state index contributed by atoms with van der Waals surface area (Å²) in [5.74, 6) is -0.296. The van der Waals surface area contributed by atoms with Crippen molar-refractivity contribution in [2.24, 2.45) is 5.92 Å². The van der Waals surface area contributed by atoms with E-state index in [2.05, 4.69) is 22.3 Å². The predicted molar refractivity (Wildman–Crippen MR) is 102 cm³/mol. The van der Waals surface area contributed by atoms with Crippen LogP contribution in [0.5, 0.6) is 0 Å². The Morgan fingerprint density at radius 3 is 2.54 bits per heavy atom. The van der Waals surface area contributed by atoms with Crippen molar-refractivity contribution in [3.63, 3.8) is 0 Å². The first-order valence-electron chi connectivity index (χ1n) is 9.69. The molecule has 1 aromatic carbocycles. The fraction of sp³-hybridized carbons (Fsp3) is 0.600. The molecule has 2 fully saturated rings. The largest absolute Gasteiger partial charge is 0.466 e. The lowest BCUT2D eigenvalue weighted by Crippen LogP contribution is -2.43. The average molecular weight is 359 g/mol. The lowest BCUT2D eigenvalue weighted by Gasteiger charge is -2.30. The first-order chi connectivity index (χ1) is 12.7. The molecule has 1 atom stereocenters. The number of hydrogen-bond donors (Lipinski definition) is 1. The molecule has 0 bridgehead atoms. The monoisotopic (exact) mass is 359 g/mol. The van der Waals surface area contributed by atoms with Gasteiger partial charge in [0, 0.05) is 31.0 Å². The molecular formula is C20H29N3O3. The third-order valence-corrected chi connectivity index (χ3v) is 5.11. The minimum absolute atomic E-state index is 0.0385. The van der Waals surface area contributed by atoms with E-state index < -0.39 is 0 Å². The molecule has 0 unspecified atom stereocenters. The number of likely N-dealkylation sites (tertiary alicyclic amines) is 1. The molecule has 1 aromatic rings. The van der Waals surface area contributed by atoms with Crippen LogP contribution < -0.4 is 10.2 Å². The summed E-state index contributed by atoms with van der Waals surface area (Å²) in [5.41, 5.74) is 2.03. The van der Waals surface area contributed by atoms with Crippen molar-refractivity contribution in [2.75, 3.05) is 49.5 Å². The van der Waals surface area contributed by atoms with E-state index in [9.17, 15) is 9.59 Å². The van der Waals surface area contributed by atoms with Gasteiger partial charge < -0.3 is 15.0 Å². The Balaban J connectivity index is 1.48. The zero-order chi connectivity index (χ0) is 18.4. The summed E-state index contributed by atoms with van der Waals surface area (Å²) >= 11 is 0. The maximum Gasteiger partial charge on any atom is 0.310 e. The van der Waals surface area contributed by atoms with Gasteiger partial charge in [-0.3, -0.25) is 14.5 Å². The lowest BCUT2D eigenvalue weighted by atomic mass is 9.98. The van der Waals surface area contributed by atoms with Crippen molar-refractivity contribution in [2.45, 2.75) is 32.6 Å². The van der Waals surface area contributed by atoms with Crippen molar-refractivity contribution in [3.05, 3.63) is 24.3 Å². The van der Waals surface area contributed by atoms with E-state index in [0.29, 0.717) is 19.7 Å². The van der Waals surface area contributed by atoms with Gasteiger partial charge in [0.25, 0.3) is 0 Å². The first kappa shape index (κ1) is 18.7. The summed E-state index contributed by atoms with van der Waals surface area (Å²) in [5, 5.41) is 2.96. The van der Waals surface area contributed by atoms with Gasteiger partial charge in [-0.25, -0.2) is 0 Å². The molecular weight excluding hydrogens is 330 g/mol. The van der Waals surface area contributed by atoms with E-state index >= 15 is 0 Å². The number of nitrogens with one attached hydrogen (secondary N) is 1. The van der Waals surface area contributed by atoms with Gasteiger partial charge in [0.15, 0.2) is 0 Å². The molecule has 2 heterocycles. The van der Waals surface area contributed by atoms with Gasteiger partial charge in [0.1, 0.15) is 0 Å². The molecule has 26 heavy (non-hydrogen) atoms. The van der Waals surface area contributed by atoms with E-state index in [4.69, 9.17) is 4.74 Å². The van der Waals surface area contributed by atoms with Crippen molar-refractivity contribution in [3.8, 4) is 0 Å². The van der Waals surface area contributed by atoms with Crippen LogP contribution in [-0.4, -0.2) is 56.1 Å². The Morgan fingerprint density at radius 1 is 1.12 bits per heavy atom. The molecule has 1 amide bonds. The summed E-state index contributed by atoms with van der Waals surface area (Å²) < 4.78 is 5.11. The Morgan fingerprint density at radius 2 is 1.85 bits per heavy atom. The van der Waals surface area contributed by atoms with Crippen molar-refractivity contribution in [1.29, 1.82) is 0 Å². The van der Waals surface area contributed by atoms with E-state index in [1.54, 1.807) is 0 Å². The summed E-state index contributed by atoms with van der Waals surface area (Å²) in [4.78, 5) is 28.7. The topological polar surface area (TPSA) is 61.9 Å². The second kappa shape index (κ2) is 9.03. The van der Waals surface area contributed by atoms with Crippen LogP contribution in [-0.2, 0) is 14.3 Å². The Bertz CT molecular complexity index is 611. The van der Waals surface area contributed by atoms with Crippen LogP contribution in [0, 0.1) is 5.92 Å². The van der Waals surface area contributed by atoms with E-state index in [1.165, 1.54) is 18.5 Å². The van der Waals surface area contributed by atoms with Gasteiger partial charge >= 0.3 is 5.97 Å². The van der Waals surface area contributed by atoms with E-state index in [0.717, 1.165) is 38.2 Å². The van der Waals surface area contributed by atoms with Crippen LogP contribution in [0.15, 0.2) is 24.3 Å². The van der Waals surface area contributed by atoms with Crippen LogP contribution in [0.2, 0.25) is 0 Å². The quantitative estimate of drug-likeness (QED) is 0.791. The van der Waals surface area contributed by atoms with Crippen LogP contribution in [0.25, 0.3) is 0 Å². The number of hydrogen-bond acceptors (Lipinski definition) is 5. The number of rotatable bonds is 6.